The molecule has 1 saturated heterocycles. The molecule has 2 heterocycles. The van der Waals surface area contributed by atoms with Crippen LogP contribution in [0, 0.1) is 6.92 Å². The van der Waals surface area contributed by atoms with Crippen molar-refractivity contribution in [3.63, 3.8) is 0 Å². The number of rotatable bonds is 7. The topological polar surface area (TPSA) is 58.6 Å². The zero-order valence-electron chi connectivity index (χ0n) is 19.1. The minimum Gasteiger partial charge on any atom is -0.484 e. The Labute approximate surface area is 200 Å². The molecule has 1 aliphatic heterocycles. The zero-order chi connectivity index (χ0) is 23.2. The summed E-state index contributed by atoms with van der Waals surface area (Å²) in [6, 6.07) is 17.4. The van der Waals surface area contributed by atoms with Crippen LogP contribution in [0.1, 0.15) is 29.6 Å². The van der Waals surface area contributed by atoms with Crippen LogP contribution in [-0.2, 0) is 17.6 Å². The Morgan fingerprint density at radius 2 is 1.70 bits per heavy atom. The highest BCUT2D eigenvalue weighted by atomic mass is 35.5. The van der Waals surface area contributed by atoms with Crippen LogP contribution in [0.15, 0.2) is 54.6 Å². The maximum Gasteiger partial charge on any atom is 0.260 e. The van der Waals surface area contributed by atoms with Gasteiger partial charge >= 0.3 is 0 Å². The standard InChI is InChI=1S/C26H29ClN4O2/c1-3-24-23(17-20-9-11-21(27)12-10-20)26(29-19(2)28-24)31-15-13-30(14-16-31)25(32)18-33-22-7-5-4-6-8-22/h4-12H,3,13-18H2,1-2H3. The Hall–Kier alpha value is -3.12. The van der Waals surface area contributed by atoms with Crippen LogP contribution >= 0.6 is 11.6 Å². The lowest BCUT2D eigenvalue weighted by Crippen LogP contribution is -2.50. The number of aromatic nitrogens is 2. The molecule has 3 aromatic rings. The van der Waals surface area contributed by atoms with Gasteiger partial charge in [0.1, 0.15) is 17.4 Å². The van der Waals surface area contributed by atoms with Gasteiger partial charge in [0.15, 0.2) is 6.61 Å². The lowest BCUT2D eigenvalue weighted by atomic mass is 10.0. The molecule has 33 heavy (non-hydrogen) atoms. The van der Waals surface area contributed by atoms with E-state index in [-0.39, 0.29) is 12.5 Å². The first-order chi connectivity index (χ1) is 16.0. The van der Waals surface area contributed by atoms with Gasteiger partial charge in [-0.05, 0) is 43.2 Å². The summed E-state index contributed by atoms with van der Waals surface area (Å²) in [6.45, 7) is 6.85. The number of halogens is 1. The second-order valence-corrected chi connectivity index (χ2v) is 8.58. The number of amides is 1. The summed E-state index contributed by atoms with van der Waals surface area (Å²) in [5.74, 6) is 2.46. The molecular formula is C26H29ClN4O2. The van der Waals surface area contributed by atoms with Gasteiger partial charge in [0.05, 0.1) is 0 Å². The van der Waals surface area contributed by atoms with Crippen molar-refractivity contribution in [3.8, 4) is 5.75 Å². The lowest BCUT2D eigenvalue weighted by molar-refractivity contribution is -0.133. The van der Waals surface area contributed by atoms with Gasteiger partial charge in [-0.25, -0.2) is 9.97 Å². The summed E-state index contributed by atoms with van der Waals surface area (Å²) in [7, 11) is 0. The summed E-state index contributed by atoms with van der Waals surface area (Å²) in [6.07, 6.45) is 1.59. The molecule has 0 unspecified atom stereocenters. The number of benzene rings is 2. The molecule has 0 atom stereocenters. The molecular weight excluding hydrogens is 436 g/mol. The molecule has 6 nitrogen and oxygen atoms in total. The molecule has 0 N–H and O–H groups in total. The van der Waals surface area contributed by atoms with E-state index in [0.29, 0.717) is 18.8 Å². The Morgan fingerprint density at radius 3 is 2.36 bits per heavy atom. The van der Waals surface area contributed by atoms with Gasteiger partial charge in [-0.3, -0.25) is 4.79 Å². The molecule has 172 valence electrons. The van der Waals surface area contributed by atoms with E-state index in [4.69, 9.17) is 26.3 Å². The third kappa shape index (κ3) is 5.82. The molecule has 1 fully saturated rings. The van der Waals surface area contributed by atoms with E-state index in [0.717, 1.165) is 53.9 Å². The largest absolute Gasteiger partial charge is 0.484 e. The Bertz CT molecular complexity index is 1080. The zero-order valence-corrected chi connectivity index (χ0v) is 19.9. The molecule has 1 aromatic heterocycles. The van der Waals surface area contributed by atoms with Crippen molar-refractivity contribution < 1.29 is 9.53 Å². The highest BCUT2D eigenvalue weighted by Gasteiger charge is 2.25. The summed E-state index contributed by atoms with van der Waals surface area (Å²) in [5, 5.41) is 0.729. The number of carbonyl (C=O) groups excluding carboxylic acids is 1. The predicted octanol–water partition coefficient (Wildman–Crippen LogP) is 4.32. The highest BCUT2D eigenvalue weighted by molar-refractivity contribution is 6.30. The number of aryl methyl sites for hydroxylation is 2. The Balaban J connectivity index is 1.45. The van der Waals surface area contributed by atoms with Crippen LogP contribution < -0.4 is 9.64 Å². The van der Waals surface area contributed by atoms with Crippen LogP contribution in [-0.4, -0.2) is 53.6 Å². The van der Waals surface area contributed by atoms with E-state index in [1.165, 1.54) is 5.56 Å². The number of hydrogen-bond acceptors (Lipinski definition) is 5. The summed E-state index contributed by atoms with van der Waals surface area (Å²) >= 11 is 6.07. The van der Waals surface area contributed by atoms with E-state index in [1.54, 1.807) is 0 Å². The molecule has 0 aliphatic carbocycles. The Kier molecular flexibility index (Phi) is 7.45. The number of carbonyl (C=O) groups is 1. The summed E-state index contributed by atoms with van der Waals surface area (Å²) < 4.78 is 5.64. The van der Waals surface area contributed by atoms with E-state index >= 15 is 0 Å². The van der Waals surface area contributed by atoms with Crippen LogP contribution in [0.5, 0.6) is 5.75 Å². The van der Waals surface area contributed by atoms with Crippen molar-refractivity contribution in [1.29, 1.82) is 0 Å². The maximum absolute atomic E-state index is 12.7. The van der Waals surface area contributed by atoms with Crippen LogP contribution in [0.3, 0.4) is 0 Å². The van der Waals surface area contributed by atoms with Crippen molar-refractivity contribution in [2.45, 2.75) is 26.7 Å². The van der Waals surface area contributed by atoms with Gasteiger partial charge in [0.2, 0.25) is 0 Å². The molecule has 0 saturated carbocycles. The van der Waals surface area contributed by atoms with Crippen molar-refractivity contribution in [2.24, 2.45) is 0 Å². The molecule has 1 aliphatic rings. The fourth-order valence-electron chi connectivity index (χ4n) is 4.10. The minimum atomic E-state index is 0.00741. The maximum atomic E-state index is 12.7. The minimum absolute atomic E-state index is 0.00741. The molecule has 7 heteroatoms. The average Bonchev–Trinajstić information content (AvgIpc) is 2.85. The normalized spacial score (nSPS) is 13.8. The molecule has 0 spiro atoms. The first-order valence-electron chi connectivity index (χ1n) is 11.3. The van der Waals surface area contributed by atoms with Gasteiger partial charge < -0.3 is 14.5 Å². The second kappa shape index (κ2) is 10.7. The predicted molar refractivity (Wildman–Crippen MR) is 131 cm³/mol. The van der Waals surface area contributed by atoms with Crippen molar-refractivity contribution in [3.05, 3.63) is 82.3 Å². The number of piperazine rings is 1. The number of para-hydroxylation sites is 1. The smallest absolute Gasteiger partial charge is 0.260 e. The number of ether oxygens (including phenoxy) is 1. The third-order valence-electron chi connectivity index (χ3n) is 5.85. The monoisotopic (exact) mass is 464 g/mol. The first kappa shape index (κ1) is 23.1. The van der Waals surface area contributed by atoms with E-state index in [1.807, 2.05) is 54.3 Å². The summed E-state index contributed by atoms with van der Waals surface area (Å²) in [5.41, 5.74) is 3.40. The van der Waals surface area contributed by atoms with Crippen LogP contribution in [0.2, 0.25) is 5.02 Å². The molecule has 4 rings (SSSR count). The number of hydrogen-bond donors (Lipinski definition) is 0. The van der Waals surface area contributed by atoms with Gasteiger partial charge in [-0.1, -0.05) is 48.9 Å². The van der Waals surface area contributed by atoms with E-state index < -0.39 is 0 Å². The van der Waals surface area contributed by atoms with Gasteiger partial charge in [0, 0.05) is 48.9 Å². The van der Waals surface area contributed by atoms with Crippen LogP contribution in [0.4, 0.5) is 5.82 Å². The quantitative estimate of drug-likeness (QED) is 0.521. The first-order valence-corrected chi connectivity index (χ1v) is 11.7. The van der Waals surface area contributed by atoms with Gasteiger partial charge in [-0.2, -0.15) is 0 Å². The fraction of sp³-hybridized carbons (Fsp3) is 0.346. The average molecular weight is 465 g/mol. The van der Waals surface area contributed by atoms with E-state index in [9.17, 15) is 4.79 Å². The Morgan fingerprint density at radius 1 is 1.00 bits per heavy atom. The molecule has 0 radical (unpaired) electrons. The number of anilines is 1. The van der Waals surface area contributed by atoms with E-state index in [2.05, 4.69) is 24.0 Å². The van der Waals surface area contributed by atoms with Crippen molar-refractivity contribution >= 4 is 23.3 Å². The molecule has 0 bridgehead atoms. The number of nitrogens with zero attached hydrogens (tertiary/aromatic N) is 4. The lowest BCUT2D eigenvalue weighted by Gasteiger charge is -2.36. The SMILES string of the molecule is CCc1nc(C)nc(N2CCN(C(=O)COc3ccccc3)CC2)c1Cc1ccc(Cl)cc1. The van der Waals surface area contributed by atoms with Crippen LogP contribution in [0.25, 0.3) is 0 Å². The molecule has 1 amide bonds. The fourth-order valence-corrected chi connectivity index (χ4v) is 4.23. The third-order valence-corrected chi connectivity index (χ3v) is 6.10. The van der Waals surface area contributed by atoms with Crippen molar-refractivity contribution in [1.82, 2.24) is 14.9 Å². The second-order valence-electron chi connectivity index (χ2n) is 8.15. The highest BCUT2D eigenvalue weighted by Crippen LogP contribution is 2.26. The van der Waals surface area contributed by atoms with Gasteiger partial charge in [-0.15, -0.1) is 0 Å². The summed E-state index contributed by atoms with van der Waals surface area (Å²) in [4.78, 5) is 26.3. The molecule has 2 aromatic carbocycles. The van der Waals surface area contributed by atoms with Gasteiger partial charge in [0.25, 0.3) is 5.91 Å². The van der Waals surface area contributed by atoms with Crippen molar-refractivity contribution in [2.75, 3.05) is 37.7 Å².